The zero-order valence-electron chi connectivity index (χ0n) is 15.4. The third-order valence-electron chi connectivity index (χ3n) is 4.78. The molecule has 9 heteroatoms. The van der Waals surface area contributed by atoms with Crippen LogP contribution >= 0.6 is 0 Å². The van der Waals surface area contributed by atoms with Crippen molar-refractivity contribution in [2.24, 2.45) is 5.73 Å². The summed E-state index contributed by atoms with van der Waals surface area (Å²) in [4.78, 5) is 14.1. The second-order valence-electron chi connectivity index (χ2n) is 6.74. The highest BCUT2D eigenvalue weighted by molar-refractivity contribution is 6.42. The Morgan fingerprint density at radius 3 is 2.50 bits per heavy atom. The van der Waals surface area contributed by atoms with Crippen molar-refractivity contribution < 1.29 is 27.1 Å². The van der Waals surface area contributed by atoms with Gasteiger partial charge in [-0.15, -0.1) is 0 Å². The molecule has 28 heavy (non-hydrogen) atoms. The second-order valence-corrected chi connectivity index (χ2v) is 6.74. The van der Waals surface area contributed by atoms with E-state index in [1.165, 1.54) is 23.1 Å². The number of nitrogens with one attached hydrogen (secondary N) is 1. The van der Waals surface area contributed by atoms with E-state index >= 15 is 0 Å². The maximum absolute atomic E-state index is 13.5. The van der Waals surface area contributed by atoms with Gasteiger partial charge in [-0.1, -0.05) is 12.1 Å². The predicted octanol–water partition coefficient (Wildman–Crippen LogP) is 3.54. The fraction of sp³-hybridized carbons (Fsp3) is 0.474. The number of carbonyl (C=O) groups excluding carboxylic acids is 1. The molecule has 0 atom stereocenters. The van der Waals surface area contributed by atoms with Crippen LogP contribution in [0.4, 0.5) is 17.6 Å². The first-order chi connectivity index (χ1) is 13.1. The molecule has 0 aliphatic heterocycles. The summed E-state index contributed by atoms with van der Waals surface area (Å²) in [5, 5.41) is 7.79. The van der Waals surface area contributed by atoms with Gasteiger partial charge < -0.3 is 15.4 Å². The maximum Gasteiger partial charge on any atom is 0.430 e. The van der Waals surface area contributed by atoms with Crippen LogP contribution < -0.4 is 5.73 Å². The molecule has 3 N–H and O–H groups in total. The Morgan fingerprint density at radius 1 is 1.32 bits per heavy atom. The van der Waals surface area contributed by atoms with Crippen molar-refractivity contribution in [1.82, 2.24) is 4.90 Å². The fourth-order valence-corrected chi connectivity index (χ4v) is 3.25. The maximum atomic E-state index is 13.5. The van der Waals surface area contributed by atoms with Gasteiger partial charge in [0, 0.05) is 19.7 Å². The van der Waals surface area contributed by atoms with Gasteiger partial charge in [0.05, 0.1) is 6.10 Å². The van der Waals surface area contributed by atoms with Crippen molar-refractivity contribution in [2.45, 2.75) is 50.6 Å². The molecule has 5 nitrogen and oxygen atoms in total. The van der Waals surface area contributed by atoms with Crippen molar-refractivity contribution in [2.75, 3.05) is 7.11 Å². The lowest BCUT2D eigenvalue weighted by atomic mass is 9.91. The minimum Gasteiger partial charge on any atom is -0.395 e. The lowest BCUT2D eigenvalue weighted by Gasteiger charge is -2.36. The third-order valence-corrected chi connectivity index (χ3v) is 4.78. The topological polar surface area (TPSA) is 79.4 Å². The number of methoxy groups -OCH3 is 1. The molecular formula is C19H23F4N3O2. The van der Waals surface area contributed by atoms with E-state index in [0.29, 0.717) is 37.3 Å². The minimum atomic E-state index is -4.82. The summed E-state index contributed by atoms with van der Waals surface area (Å²) >= 11 is 0. The van der Waals surface area contributed by atoms with Crippen LogP contribution in [0.25, 0.3) is 0 Å². The predicted molar refractivity (Wildman–Crippen MR) is 96.1 cm³/mol. The van der Waals surface area contributed by atoms with E-state index in [1.807, 2.05) is 0 Å². The second kappa shape index (κ2) is 9.18. The smallest absolute Gasteiger partial charge is 0.395 e. The molecule has 2 rings (SSSR count). The first-order valence-electron chi connectivity index (χ1n) is 8.83. The van der Waals surface area contributed by atoms with Crippen LogP contribution in [0.2, 0.25) is 0 Å². The van der Waals surface area contributed by atoms with E-state index in [-0.39, 0.29) is 18.7 Å². The highest BCUT2D eigenvalue weighted by Gasteiger charge is 2.34. The molecule has 0 spiro atoms. The van der Waals surface area contributed by atoms with Crippen LogP contribution in [0.3, 0.4) is 0 Å². The Bertz CT molecular complexity index is 741. The highest BCUT2D eigenvalue weighted by Crippen LogP contribution is 2.27. The Hall–Kier alpha value is -2.42. The molecule has 154 valence electrons. The summed E-state index contributed by atoms with van der Waals surface area (Å²) in [6, 6.07) is 5.33. The molecule has 1 saturated carbocycles. The number of hydrogen-bond donors (Lipinski definition) is 2. The summed E-state index contributed by atoms with van der Waals surface area (Å²) in [5.74, 6) is -1.36. The number of amides is 1. The first kappa shape index (κ1) is 21.9. The molecular weight excluding hydrogens is 378 g/mol. The summed E-state index contributed by atoms with van der Waals surface area (Å²) in [5.41, 5.74) is 3.05. The molecule has 0 radical (unpaired) electrons. The molecule has 1 aromatic rings. The number of hydrogen-bond acceptors (Lipinski definition) is 4. The quantitative estimate of drug-likeness (QED) is 0.565. The van der Waals surface area contributed by atoms with Crippen molar-refractivity contribution >= 4 is 11.6 Å². The van der Waals surface area contributed by atoms with Gasteiger partial charge in [-0.3, -0.25) is 10.2 Å². The molecule has 1 fully saturated rings. The van der Waals surface area contributed by atoms with Gasteiger partial charge in [0.15, 0.2) is 0 Å². The Morgan fingerprint density at radius 2 is 1.96 bits per heavy atom. The number of alkyl halides is 3. The number of rotatable bonds is 6. The number of halogens is 4. The van der Waals surface area contributed by atoms with E-state index in [2.05, 4.69) is 0 Å². The summed E-state index contributed by atoms with van der Waals surface area (Å²) in [6.45, 7) is -0.0128. The van der Waals surface area contributed by atoms with E-state index in [9.17, 15) is 22.4 Å². The number of ether oxygens (including phenoxy) is 1. The lowest BCUT2D eigenvalue weighted by Crippen LogP contribution is -2.45. The third kappa shape index (κ3) is 5.79. The Labute approximate surface area is 160 Å². The van der Waals surface area contributed by atoms with E-state index < -0.39 is 29.3 Å². The minimum absolute atomic E-state index is 0.0128. The number of allylic oxidation sites excluding steroid dienone is 1. The van der Waals surface area contributed by atoms with E-state index in [0.717, 1.165) is 0 Å². The number of carbonyl (C=O) groups is 1. The molecule has 0 aromatic heterocycles. The molecule has 0 saturated heterocycles. The SMILES string of the molecule is COC1CCC(N(Cc2cccc(F)c2)C(=O)C(=N)C=C(N)C(F)(F)F)CC1. The highest BCUT2D eigenvalue weighted by atomic mass is 19.4. The van der Waals surface area contributed by atoms with Crippen molar-refractivity contribution in [1.29, 1.82) is 5.41 Å². The van der Waals surface area contributed by atoms with Crippen LogP contribution in [0.15, 0.2) is 36.0 Å². The standard InChI is InChI=1S/C19H23F4N3O2/c1-28-15-7-5-14(6-8-15)26(11-12-3-2-4-13(20)9-12)18(27)16(24)10-17(25)19(21,22)23/h2-4,9-10,14-15,24H,5-8,11,25H2,1H3. The van der Waals surface area contributed by atoms with Gasteiger partial charge in [-0.2, -0.15) is 13.2 Å². The molecule has 0 unspecified atom stereocenters. The average molecular weight is 401 g/mol. The van der Waals surface area contributed by atoms with Gasteiger partial charge in [0.2, 0.25) is 0 Å². The zero-order valence-corrected chi connectivity index (χ0v) is 15.4. The monoisotopic (exact) mass is 401 g/mol. The first-order valence-corrected chi connectivity index (χ1v) is 8.83. The number of nitrogens with zero attached hydrogens (tertiary/aromatic N) is 1. The van der Waals surface area contributed by atoms with Crippen LogP contribution in [-0.2, 0) is 16.1 Å². The van der Waals surface area contributed by atoms with Gasteiger partial charge in [0.25, 0.3) is 5.91 Å². The van der Waals surface area contributed by atoms with Gasteiger partial charge in [-0.25, -0.2) is 4.39 Å². The summed E-state index contributed by atoms with van der Waals surface area (Å²) in [6.07, 6.45) is -1.93. The van der Waals surface area contributed by atoms with E-state index in [4.69, 9.17) is 15.9 Å². The number of benzene rings is 1. The normalized spacial score (nSPS) is 20.7. The Balaban J connectivity index is 2.24. The van der Waals surface area contributed by atoms with Crippen LogP contribution in [0.5, 0.6) is 0 Å². The lowest BCUT2D eigenvalue weighted by molar-refractivity contribution is -0.128. The summed E-state index contributed by atoms with van der Waals surface area (Å²) < 4.78 is 56.7. The molecule has 0 heterocycles. The van der Waals surface area contributed by atoms with Crippen molar-refractivity contribution in [3.8, 4) is 0 Å². The number of nitrogens with two attached hydrogens (primary N) is 1. The summed E-state index contributed by atoms with van der Waals surface area (Å²) in [7, 11) is 1.60. The van der Waals surface area contributed by atoms with Gasteiger partial charge >= 0.3 is 6.18 Å². The molecule has 1 amide bonds. The molecule has 0 bridgehead atoms. The Kier molecular flexibility index (Phi) is 7.17. The molecule has 1 aromatic carbocycles. The van der Waals surface area contributed by atoms with E-state index in [1.54, 1.807) is 13.2 Å². The zero-order chi connectivity index (χ0) is 20.9. The molecule has 1 aliphatic carbocycles. The van der Waals surface area contributed by atoms with Gasteiger partial charge in [0.1, 0.15) is 17.2 Å². The van der Waals surface area contributed by atoms with Gasteiger partial charge in [-0.05, 0) is 49.5 Å². The largest absolute Gasteiger partial charge is 0.430 e. The molecule has 1 aliphatic rings. The van der Waals surface area contributed by atoms with Crippen LogP contribution in [0.1, 0.15) is 31.2 Å². The average Bonchev–Trinajstić information content (AvgIpc) is 2.65. The van der Waals surface area contributed by atoms with Crippen molar-refractivity contribution in [3.63, 3.8) is 0 Å². The fourth-order valence-electron chi connectivity index (χ4n) is 3.25. The van der Waals surface area contributed by atoms with Crippen molar-refractivity contribution in [3.05, 3.63) is 47.4 Å². The van der Waals surface area contributed by atoms with Crippen LogP contribution in [-0.4, -0.2) is 42.0 Å². The van der Waals surface area contributed by atoms with Crippen LogP contribution in [0, 0.1) is 11.2 Å².